The van der Waals surface area contributed by atoms with Gasteiger partial charge in [0.1, 0.15) is 5.82 Å². The smallest absolute Gasteiger partial charge is 0.308 e. The predicted molar refractivity (Wildman–Crippen MR) is 68.8 cm³/mol. The quantitative estimate of drug-likeness (QED) is 0.671. The standard InChI is InChI=1S/C13H13FN2O5/c14-10-2-3-11(16(20)21)9(5-10)7-15-6-8(13(18)19)1-4-12(15)17/h2-3,5,8H,1,4,6-7H2,(H,18,19). The minimum atomic E-state index is -1.01. The molecular formula is C13H13FN2O5. The minimum absolute atomic E-state index is 0.0260. The van der Waals surface area contributed by atoms with Crippen LogP contribution in [0.5, 0.6) is 0 Å². The SMILES string of the molecule is O=C(O)C1CCC(=O)N(Cc2cc(F)ccc2[N+](=O)[O-])C1. The maximum absolute atomic E-state index is 13.2. The molecule has 1 fully saturated rings. The van der Waals surface area contributed by atoms with Gasteiger partial charge >= 0.3 is 5.97 Å². The number of hydrogen-bond donors (Lipinski definition) is 1. The lowest BCUT2D eigenvalue weighted by Gasteiger charge is -2.30. The fourth-order valence-corrected chi connectivity index (χ4v) is 2.33. The number of carbonyl (C=O) groups excluding carboxylic acids is 1. The number of carbonyl (C=O) groups is 2. The topological polar surface area (TPSA) is 101 Å². The Bertz CT molecular complexity index is 604. The molecule has 8 heteroatoms. The molecule has 1 aromatic carbocycles. The summed E-state index contributed by atoms with van der Waals surface area (Å²) in [4.78, 5) is 34.3. The number of piperidine rings is 1. The second kappa shape index (κ2) is 5.86. The largest absolute Gasteiger partial charge is 0.481 e. The van der Waals surface area contributed by atoms with Gasteiger partial charge in [0, 0.05) is 19.0 Å². The molecule has 112 valence electrons. The van der Waals surface area contributed by atoms with Crippen molar-refractivity contribution in [3.8, 4) is 0 Å². The number of nitrogens with zero attached hydrogens (tertiary/aromatic N) is 2. The Hall–Kier alpha value is -2.51. The molecule has 1 aromatic rings. The van der Waals surface area contributed by atoms with Crippen LogP contribution in [0.1, 0.15) is 18.4 Å². The van der Waals surface area contributed by atoms with Gasteiger partial charge in [0.05, 0.1) is 22.9 Å². The predicted octanol–water partition coefficient (Wildman–Crippen LogP) is 1.56. The Kier molecular flexibility index (Phi) is 4.15. The van der Waals surface area contributed by atoms with E-state index in [1.165, 1.54) is 4.90 Å². The van der Waals surface area contributed by atoms with Crippen molar-refractivity contribution in [3.05, 3.63) is 39.7 Å². The van der Waals surface area contributed by atoms with E-state index in [-0.39, 0.29) is 43.1 Å². The molecule has 1 heterocycles. The van der Waals surface area contributed by atoms with Crippen molar-refractivity contribution in [1.82, 2.24) is 4.90 Å². The first-order valence-corrected chi connectivity index (χ1v) is 6.32. The van der Waals surface area contributed by atoms with Crippen molar-refractivity contribution in [2.24, 2.45) is 5.92 Å². The van der Waals surface area contributed by atoms with Crippen LogP contribution in [-0.4, -0.2) is 33.4 Å². The van der Waals surface area contributed by atoms with Gasteiger partial charge < -0.3 is 10.0 Å². The molecule has 1 N–H and O–H groups in total. The van der Waals surface area contributed by atoms with Crippen LogP contribution in [0.25, 0.3) is 0 Å². The van der Waals surface area contributed by atoms with Gasteiger partial charge in [-0.15, -0.1) is 0 Å². The Labute approximate surface area is 119 Å². The fraction of sp³-hybridized carbons (Fsp3) is 0.385. The van der Waals surface area contributed by atoms with Crippen molar-refractivity contribution in [2.45, 2.75) is 19.4 Å². The lowest BCUT2D eigenvalue weighted by atomic mass is 9.97. The van der Waals surface area contributed by atoms with Crippen LogP contribution in [0.15, 0.2) is 18.2 Å². The molecule has 0 bridgehead atoms. The molecule has 1 unspecified atom stereocenters. The van der Waals surface area contributed by atoms with E-state index in [1.807, 2.05) is 0 Å². The number of nitro benzene ring substituents is 1. The highest BCUT2D eigenvalue weighted by molar-refractivity contribution is 5.80. The van der Waals surface area contributed by atoms with Crippen molar-refractivity contribution in [3.63, 3.8) is 0 Å². The summed E-state index contributed by atoms with van der Waals surface area (Å²) in [5.74, 6) is -2.64. The first-order chi connectivity index (χ1) is 9.88. The molecular weight excluding hydrogens is 283 g/mol. The highest BCUT2D eigenvalue weighted by atomic mass is 19.1. The van der Waals surface area contributed by atoms with Crippen LogP contribution >= 0.6 is 0 Å². The zero-order valence-electron chi connectivity index (χ0n) is 11.0. The van der Waals surface area contributed by atoms with Crippen molar-refractivity contribution >= 4 is 17.6 Å². The van der Waals surface area contributed by atoms with E-state index in [9.17, 15) is 24.1 Å². The van der Waals surface area contributed by atoms with E-state index in [2.05, 4.69) is 0 Å². The first kappa shape index (κ1) is 14.9. The highest BCUT2D eigenvalue weighted by Gasteiger charge is 2.31. The molecule has 0 aromatic heterocycles. The number of carboxylic acids is 1. The molecule has 1 atom stereocenters. The van der Waals surface area contributed by atoms with Crippen molar-refractivity contribution in [2.75, 3.05) is 6.54 Å². The first-order valence-electron chi connectivity index (χ1n) is 6.32. The second-order valence-corrected chi connectivity index (χ2v) is 4.88. The monoisotopic (exact) mass is 296 g/mol. The Balaban J connectivity index is 2.23. The Morgan fingerprint density at radius 2 is 2.24 bits per heavy atom. The molecule has 0 spiro atoms. The summed E-state index contributed by atoms with van der Waals surface area (Å²) in [5.41, 5.74) is -0.235. The third-order valence-electron chi connectivity index (χ3n) is 3.45. The third-order valence-corrected chi connectivity index (χ3v) is 3.45. The van der Waals surface area contributed by atoms with Crippen LogP contribution in [0.3, 0.4) is 0 Å². The van der Waals surface area contributed by atoms with Crippen LogP contribution in [-0.2, 0) is 16.1 Å². The average molecular weight is 296 g/mol. The average Bonchev–Trinajstić information content (AvgIpc) is 2.40. The van der Waals surface area contributed by atoms with Gasteiger partial charge in [0.25, 0.3) is 5.69 Å². The zero-order valence-corrected chi connectivity index (χ0v) is 11.0. The second-order valence-electron chi connectivity index (χ2n) is 4.88. The number of hydrogen-bond acceptors (Lipinski definition) is 4. The summed E-state index contributed by atoms with van der Waals surface area (Å²) >= 11 is 0. The number of nitro groups is 1. The number of aliphatic carboxylic acids is 1. The number of benzene rings is 1. The van der Waals surface area contributed by atoms with E-state index in [0.29, 0.717) is 0 Å². The zero-order chi connectivity index (χ0) is 15.6. The van der Waals surface area contributed by atoms with Gasteiger partial charge in [-0.2, -0.15) is 0 Å². The molecule has 1 amide bonds. The number of halogens is 1. The van der Waals surface area contributed by atoms with Crippen LogP contribution < -0.4 is 0 Å². The fourth-order valence-electron chi connectivity index (χ4n) is 2.33. The summed E-state index contributed by atoms with van der Waals surface area (Å²) in [7, 11) is 0. The number of rotatable bonds is 4. The lowest BCUT2D eigenvalue weighted by Crippen LogP contribution is -2.42. The van der Waals surface area contributed by atoms with Gasteiger partial charge in [-0.25, -0.2) is 4.39 Å². The number of likely N-dealkylation sites (tertiary alicyclic amines) is 1. The molecule has 21 heavy (non-hydrogen) atoms. The molecule has 1 aliphatic rings. The summed E-state index contributed by atoms with van der Waals surface area (Å²) in [6.45, 7) is -0.196. The van der Waals surface area contributed by atoms with E-state index < -0.39 is 22.6 Å². The molecule has 2 rings (SSSR count). The van der Waals surface area contributed by atoms with E-state index in [4.69, 9.17) is 5.11 Å². The minimum Gasteiger partial charge on any atom is -0.481 e. The Morgan fingerprint density at radius 3 is 2.86 bits per heavy atom. The highest BCUT2D eigenvalue weighted by Crippen LogP contribution is 2.25. The van der Waals surface area contributed by atoms with E-state index >= 15 is 0 Å². The summed E-state index contributed by atoms with van der Waals surface area (Å²) < 4.78 is 13.2. The van der Waals surface area contributed by atoms with Crippen LogP contribution in [0, 0.1) is 21.8 Å². The summed E-state index contributed by atoms with van der Waals surface area (Å²) in [6.07, 6.45) is 0.315. The van der Waals surface area contributed by atoms with Crippen molar-refractivity contribution < 1.29 is 24.0 Å². The Morgan fingerprint density at radius 1 is 1.52 bits per heavy atom. The van der Waals surface area contributed by atoms with Gasteiger partial charge in [-0.3, -0.25) is 19.7 Å². The third kappa shape index (κ3) is 3.33. The molecule has 1 aliphatic heterocycles. The van der Waals surface area contributed by atoms with Crippen LogP contribution in [0.4, 0.5) is 10.1 Å². The van der Waals surface area contributed by atoms with Gasteiger partial charge in [0.15, 0.2) is 0 Å². The lowest BCUT2D eigenvalue weighted by molar-refractivity contribution is -0.385. The van der Waals surface area contributed by atoms with Crippen LogP contribution in [0.2, 0.25) is 0 Å². The maximum Gasteiger partial charge on any atom is 0.308 e. The molecule has 0 radical (unpaired) electrons. The molecule has 0 saturated carbocycles. The molecule has 0 aliphatic carbocycles. The van der Waals surface area contributed by atoms with Gasteiger partial charge in [-0.05, 0) is 18.6 Å². The molecule has 1 saturated heterocycles. The van der Waals surface area contributed by atoms with E-state index in [0.717, 1.165) is 18.2 Å². The van der Waals surface area contributed by atoms with Crippen molar-refractivity contribution in [1.29, 1.82) is 0 Å². The summed E-state index contributed by atoms with van der Waals surface area (Å²) in [6, 6.07) is 3.00. The molecule has 7 nitrogen and oxygen atoms in total. The normalized spacial score (nSPS) is 18.6. The van der Waals surface area contributed by atoms with Gasteiger partial charge in [-0.1, -0.05) is 0 Å². The van der Waals surface area contributed by atoms with E-state index in [1.54, 1.807) is 0 Å². The number of amides is 1. The summed E-state index contributed by atoms with van der Waals surface area (Å²) in [5, 5.41) is 19.9. The van der Waals surface area contributed by atoms with Gasteiger partial charge in [0.2, 0.25) is 5.91 Å². The maximum atomic E-state index is 13.2. The number of carboxylic acid groups (broad SMARTS) is 1.